The minimum Gasteiger partial charge on any atom is -0.381 e. The SMILES string of the molecule is CO[C@H]1CC[C@H](C(F)(F)I)CC1. The topological polar surface area (TPSA) is 9.23 Å². The molecule has 0 unspecified atom stereocenters. The second-order valence-corrected chi connectivity index (χ2v) is 4.69. The molecule has 72 valence electrons. The van der Waals surface area contributed by atoms with Gasteiger partial charge in [0.2, 0.25) is 0 Å². The third kappa shape index (κ3) is 2.80. The molecule has 1 saturated carbocycles. The minimum atomic E-state index is -2.53. The van der Waals surface area contributed by atoms with Gasteiger partial charge in [0.25, 0.3) is 3.93 Å². The van der Waals surface area contributed by atoms with Crippen LogP contribution in [0.2, 0.25) is 0 Å². The number of hydrogen-bond acceptors (Lipinski definition) is 1. The standard InChI is InChI=1S/C8H13F2IO/c1-12-7-4-2-6(3-5-7)8(9,10)11/h6-7H,2-5H2,1H3/t6-,7-. The number of methoxy groups -OCH3 is 1. The monoisotopic (exact) mass is 290 g/mol. The lowest BCUT2D eigenvalue weighted by Crippen LogP contribution is -2.29. The Morgan fingerprint density at radius 3 is 2.08 bits per heavy atom. The quantitative estimate of drug-likeness (QED) is 0.560. The molecule has 0 amide bonds. The van der Waals surface area contributed by atoms with E-state index in [1.54, 1.807) is 7.11 Å². The molecule has 0 spiro atoms. The van der Waals surface area contributed by atoms with Crippen molar-refractivity contribution in [1.82, 2.24) is 0 Å². The lowest BCUT2D eigenvalue weighted by atomic mass is 9.88. The Morgan fingerprint density at radius 1 is 1.25 bits per heavy atom. The highest BCUT2D eigenvalue weighted by atomic mass is 127. The zero-order valence-electron chi connectivity index (χ0n) is 7.03. The van der Waals surface area contributed by atoms with Gasteiger partial charge in [-0.2, -0.15) is 8.78 Å². The fourth-order valence-electron chi connectivity index (χ4n) is 1.63. The summed E-state index contributed by atoms with van der Waals surface area (Å²) in [6.07, 6.45) is 2.95. The number of ether oxygens (including phenoxy) is 1. The van der Waals surface area contributed by atoms with Crippen molar-refractivity contribution in [2.24, 2.45) is 5.92 Å². The molecule has 1 rings (SSSR count). The molecule has 0 atom stereocenters. The van der Waals surface area contributed by atoms with E-state index in [0.717, 1.165) is 12.8 Å². The predicted octanol–water partition coefficient (Wildman–Crippen LogP) is 3.22. The number of halogens is 3. The first-order valence-electron chi connectivity index (χ1n) is 4.13. The summed E-state index contributed by atoms with van der Waals surface area (Å²) in [5.74, 6) is -0.440. The van der Waals surface area contributed by atoms with Crippen molar-refractivity contribution < 1.29 is 13.5 Å². The summed E-state index contributed by atoms with van der Waals surface area (Å²) in [5.41, 5.74) is 0. The van der Waals surface area contributed by atoms with Crippen LogP contribution < -0.4 is 0 Å². The second-order valence-electron chi connectivity index (χ2n) is 3.25. The Balaban J connectivity index is 2.36. The van der Waals surface area contributed by atoms with Gasteiger partial charge in [-0.15, -0.1) is 0 Å². The van der Waals surface area contributed by atoms with Gasteiger partial charge in [0.05, 0.1) is 6.10 Å². The maximum absolute atomic E-state index is 12.8. The van der Waals surface area contributed by atoms with E-state index < -0.39 is 9.85 Å². The van der Waals surface area contributed by atoms with E-state index >= 15 is 0 Å². The van der Waals surface area contributed by atoms with Crippen LogP contribution in [-0.2, 0) is 4.74 Å². The van der Waals surface area contributed by atoms with Gasteiger partial charge < -0.3 is 4.74 Å². The highest BCUT2D eigenvalue weighted by Crippen LogP contribution is 2.41. The predicted molar refractivity (Wildman–Crippen MR) is 51.7 cm³/mol. The normalized spacial score (nSPS) is 32.0. The van der Waals surface area contributed by atoms with Crippen molar-refractivity contribution in [3.8, 4) is 0 Å². The largest absolute Gasteiger partial charge is 0.381 e. The number of alkyl halides is 3. The molecule has 1 nitrogen and oxygen atoms in total. The van der Waals surface area contributed by atoms with Crippen LogP contribution in [-0.4, -0.2) is 17.1 Å². The summed E-state index contributed by atoms with van der Waals surface area (Å²) in [4.78, 5) is 0. The van der Waals surface area contributed by atoms with E-state index in [1.807, 2.05) is 0 Å². The maximum atomic E-state index is 12.8. The zero-order valence-corrected chi connectivity index (χ0v) is 9.18. The van der Waals surface area contributed by atoms with E-state index in [-0.39, 0.29) is 6.10 Å². The van der Waals surface area contributed by atoms with Crippen molar-refractivity contribution >= 4 is 22.6 Å². The van der Waals surface area contributed by atoms with Crippen molar-refractivity contribution in [2.75, 3.05) is 7.11 Å². The maximum Gasteiger partial charge on any atom is 0.299 e. The Bertz CT molecular complexity index is 138. The zero-order chi connectivity index (χ0) is 9.19. The number of rotatable bonds is 2. The van der Waals surface area contributed by atoms with Crippen LogP contribution in [0.15, 0.2) is 0 Å². The van der Waals surface area contributed by atoms with Gasteiger partial charge in [0, 0.05) is 13.0 Å². The molecule has 12 heavy (non-hydrogen) atoms. The summed E-state index contributed by atoms with van der Waals surface area (Å²) >= 11 is 1.24. The van der Waals surface area contributed by atoms with Crippen LogP contribution in [0, 0.1) is 5.92 Å². The molecule has 0 radical (unpaired) electrons. The van der Waals surface area contributed by atoms with Crippen LogP contribution in [0.5, 0.6) is 0 Å². The van der Waals surface area contributed by atoms with E-state index in [0.29, 0.717) is 12.8 Å². The first kappa shape index (κ1) is 10.6. The molecule has 0 N–H and O–H groups in total. The molecule has 0 aromatic heterocycles. The van der Waals surface area contributed by atoms with Crippen LogP contribution >= 0.6 is 22.6 Å². The van der Waals surface area contributed by atoms with E-state index in [9.17, 15) is 8.78 Å². The average Bonchev–Trinajstić information content (AvgIpc) is 2.03. The molecule has 0 aromatic carbocycles. The lowest BCUT2D eigenvalue weighted by molar-refractivity contribution is -0.00463. The van der Waals surface area contributed by atoms with Gasteiger partial charge in [-0.05, 0) is 48.3 Å². The molecular formula is C8H13F2IO. The third-order valence-electron chi connectivity index (χ3n) is 2.47. The molecule has 1 fully saturated rings. The first-order chi connectivity index (χ1) is 5.54. The van der Waals surface area contributed by atoms with Gasteiger partial charge in [-0.1, -0.05) is 0 Å². The molecule has 0 aliphatic heterocycles. The summed E-state index contributed by atoms with van der Waals surface area (Å²) < 4.78 is 28.1. The van der Waals surface area contributed by atoms with Crippen molar-refractivity contribution in [3.05, 3.63) is 0 Å². The van der Waals surface area contributed by atoms with Gasteiger partial charge >= 0.3 is 0 Å². The van der Waals surface area contributed by atoms with Gasteiger partial charge in [0.15, 0.2) is 0 Å². The molecule has 4 heteroatoms. The lowest BCUT2D eigenvalue weighted by Gasteiger charge is -2.30. The molecule has 0 aromatic rings. The molecular weight excluding hydrogens is 277 g/mol. The Labute approximate surface area is 85.0 Å². The third-order valence-corrected chi connectivity index (χ3v) is 3.35. The van der Waals surface area contributed by atoms with E-state index in [1.165, 1.54) is 22.6 Å². The molecule has 0 saturated heterocycles. The Kier molecular flexibility index (Phi) is 3.70. The Morgan fingerprint density at radius 2 is 1.75 bits per heavy atom. The number of hydrogen-bond donors (Lipinski definition) is 0. The first-order valence-corrected chi connectivity index (χ1v) is 5.21. The molecule has 0 bridgehead atoms. The fourth-order valence-corrected chi connectivity index (χ4v) is 2.25. The van der Waals surface area contributed by atoms with E-state index in [4.69, 9.17) is 4.74 Å². The summed E-state index contributed by atoms with van der Waals surface area (Å²) in [6, 6.07) is 0. The summed E-state index contributed by atoms with van der Waals surface area (Å²) in [5, 5.41) is 0. The second kappa shape index (κ2) is 4.17. The minimum absolute atomic E-state index is 0.208. The van der Waals surface area contributed by atoms with Crippen LogP contribution in [0.3, 0.4) is 0 Å². The highest BCUT2D eigenvalue weighted by Gasteiger charge is 2.38. The fraction of sp³-hybridized carbons (Fsp3) is 1.00. The van der Waals surface area contributed by atoms with Crippen LogP contribution in [0.4, 0.5) is 8.78 Å². The van der Waals surface area contributed by atoms with Gasteiger partial charge in [0.1, 0.15) is 0 Å². The molecule has 0 heterocycles. The van der Waals surface area contributed by atoms with Crippen LogP contribution in [0.1, 0.15) is 25.7 Å². The van der Waals surface area contributed by atoms with Gasteiger partial charge in [-0.25, -0.2) is 0 Å². The van der Waals surface area contributed by atoms with Crippen LogP contribution in [0.25, 0.3) is 0 Å². The van der Waals surface area contributed by atoms with Gasteiger partial charge in [-0.3, -0.25) is 0 Å². The van der Waals surface area contributed by atoms with Crippen molar-refractivity contribution in [1.29, 1.82) is 0 Å². The highest BCUT2D eigenvalue weighted by molar-refractivity contribution is 14.1. The van der Waals surface area contributed by atoms with Crippen molar-refractivity contribution in [2.45, 2.75) is 35.7 Å². The smallest absolute Gasteiger partial charge is 0.299 e. The molecule has 1 aliphatic carbocycles. The van der Waals surface area contributed by atoms with E-state index in [2.05, 4.69) is 0 Å². The average molecular weight is 290 g/mol. The Hall–Kier alpha value is 0.550. The van der Waals surface area contributed by atoms with Crippen molar-refractivity contribution in [3.63, 3.8) is 0 Å². The summed E-state index contributed by atoms with van der Waals surface area (Å²) in [6.45, 7) is 0. The summed E-state index contributed by atoms with van der Waals surface area (Å²) in [7, 11) is 1.65. The molecule has 1 aliphatic rings.